The molecule has 2 aromatic carbocycles. The molecule has 0 saturated heterocycles. The molecule has 7 nitrogen and oxygen atoms in total. The molecule has 1 aromatic heterocycles. The highest BCUT2D eigenvalue weighted by molar-refractivity contribution is 6.05. The van der Waals surface area contributed by atoms with Crippen LogP contribution < -0.4 is 20.3 Å². The predicted octanol–water partition coefficient (Wildman–Crippen LogP) is 4.02. The topological polar surface area (TPSA) is 83.8 Å². The summed E-state index contributed by atoms with van der Waals surface area (Å²) in [7, 11) is 1.56. The van der Waals surface area contributed by atoms with Crippen molar-refractivity contribution in [2.45, 2.75) is 25.8 Å². The highest BCUT2D eigenvalue weighted by atomic mass is 16.5. The molecule has 2 amide bonds. The molecule has 1 unspecified atom stereocenters. The standard InChI is InChI=1S/C27H29N3O4/c1-19-17-21-7-3-4-9-25(21)30(19)15-6-14-28-27(32)24(18-23-8-5-16-34-23)29-26(31)20-10-12-22(33-2)13-11-20/h3-5,7-13,16,18-19H,6,14-15,17H2,1-2H3,(H,28,32)(H,29,31)/b24-18-. The molecular formula is C27H29N3O4. The maximum absolute atomic E-state index is 12.9. The molecule has 0 aliphatic carbocycles. The molecule has 34 heavy (non-hydrogen) atoms. The Morgan fingerprint density at radius 2 is 1.91 bits per heavy atom. The van der Waals surface area contributed by atoms with Gasteiger partial charge in [0.05, 0.1) is 13.4 Å². The third-order valence-electron chi connectivity index (χ3n) is 5.88. The van der Waals surface area contributed by atoms with E-state index < -0.39 is 5.91 Å². The normalized spacial score (nSPS) is 15.1. The zero-order chi connectivity index (χ0) is 23.9. The number of ether oxygens (including phenoxy) is 1. The molecule has 7 heteroatoms. The van der Waals surface area contributed by atoms with Crippen LogP contribution in [0.25, 0.3) is 6.08 Å². The van der Waals surface area contributed by atoms with Crippen molar-refractivity contribution < 1.29 is 18.7 Å². The number of amides is 2. The molecule has 1 aliphatic heterocycles. The lowest BCUT2D eigenvalue weighted by Gasteiger charge is -2.25. The van der Waals surface area contributed by atoms with Gasteiger partial charge in [0.25, 0.3) is 11.8 Å². The molecular weight excluding hydrogens is 430 g/mol. The zero-order valence-corrected chi connectivity index (χ0v) is 19.4. The summed E-state index contributed by atoms with van der Waals surface area (Å²) >= 11 is 0. The Labute approximate surface area is 199 Å². The van der Waals surface area contributed by atoms with Crippen molar-refractivity contribution in [3.8, 4) is 5.75 Å². The Morgan fingerprint density at radius 1 is 1.12 bits per heavy atom. The van der Waals surface area contributed by atoms with Crippen LogP contribution in [0, 0.1) is 0 Å². The number of benzene rings is 2. The van der Waals surface area contributed by atoms with Crippen molar-refractivity contribution in [1.82, 2.24) is 10.6 Å². The first-order chi connectivity index (χ1) is 16.5. The third-order valence-corrected chi connectivity index (χ3v) is 5.88. The largest absolute Gasteiger partial charge is 0.497 e. The number of nitrogens with zero attached hydrogens (tertiary/aromatic N) is 1. The van der Waals surface area contributed by atoms with Gasteiger partial charge in [0.1, 0.15) is 17.2 Å². The van der Waals surface area contributed by atoms with Crippen molar-refractivity contribution in [1.29, 1.82) is 0 Å². The number of furan rings is 1. The van der Waals surface area contributed by atoms with Crippen LogP contribution in [0.4, 0.5) is 5.69 Å². The number of nitrogens with one attached hydrogen (secondary N) is 2. The number of fused-ring (bicyclic) bond motifs is 1. The molecule has 1 aliphatic rings. The quantitative estimate of drug-likeness (QED) is 0.373. The average Bonchev–Trinajstić information content (AvgIpc) is 3.48. The van der Waals surface area contributed by atoms with Gasteiger partial charge in [-0.05, 0) is 67.8 Å². The minimum Gasteiger partial charge on any atom is -0.497 e. The fourth-order valence-electron chi connectivity index (χ4n) is 4.13. The second-order valence-corrected chi connectivity index (χ2v) is 8.24. The summed E-state index contributed by atoms with van der Waals surface area (Å²) in [5.74, 6) is 0.365. The fraction of sp³-hybridized carbons (Fsp3) is 0.259. The van der Waals surface area contributed by atoms with Gasteiger partial charge >= 0.3 is 0 Å². The van der Waals surface area contributed by atoms with Crippen LogP contribution in [-0.2, 0) is 11.2 Å². The number of carbonyl (C=O) groups is 2. The number of hydrogen-bond donors (Lipinski definition) is 2. The van der Waals surface area contributed by atoms with Gasteiger partial charge in [-0.25, -0.2) is 0 Å². The number of anilines is 1. The maximum atomic E-state index is 12.9. The monoisotopic (exact) mass is 459 g/mol. The van der Waals surface area contributed by atoms with Gasteiger partial charge in [0, 0.05) is 36.5 Å². The van der Waals surface area contributed by atoms with Crippen LogP contribution >= 0.6 is 0 Å². The molecule has 1 atom stereocenters. The van der Waals surface area contributed by atoms with Crippen molar-refractivity contribution in [2.75, 3.05) is 25.1 Å². The highest BCUT2D eigenvalue weighted by Gasteiger charge is 2.24. The van der Waals surface area contributed by atoms with Crippen LogP contribution in [0.5, 0.6) is 5.75 Å². The van der Waals surface area contributed by atoms with Crippen LogP contribution in [0.2, 0.25) is 0 Å². The molecule has 4 rings (SSSR count). The van der Waals surface area contributed by atoms with E-state index in [0.29, 0.717) is 29.7 Å². The average molecular weight is 460 g/mol. The minimum absolute atomic E-state index is 0.121. The van der Waals surface area contributed by atoms with Crippen molar-refractivity contribution >= 4 is 23.6 Å². The molecule has 176 valence electrons. The summed E-state index contributed by atoms with van der Waals surface area (Å²) < 4.78 is 10.5. The van der Waals surface area contributed by atoms with E-state index in [-0.39, 0.29) is 11.6 Å². The number of hydrogen-bond acceptors (Lipinski definition) is 5. The van der Waals surface area contributed by atoms with E-state index in [4.69, 9.17) is 9.15 Å². The Hall–Kier alpha value is -4.00. The highest BCUT2D eigenvalue weighted by Crippen LogP contribution is 2.31. The lowest BCUT2D eigenvalue weighted by Crippen LogP contribution is -2.37. The van der Waals surface area contributed by atoms with Crippen LogP contribution in [0.15, 0.2) is 77.0 Å². The molecule has 3 aromatic rings. The van der Waals surface area contributed by atoms with E-state index in [2.05, 4.69) is 46.7 Å². The molecule has 0 fully saturated rings. The Morgan fingerprint density at radius 3 is 2.65 bits per heavy atom. The summed E-state index contributed by atoms with van der Waals surface area (Å²) in [5, 5.41) is 5.63. The van der Waals surface area contributed by atoms with Gasteiger partial charge in [0.2, 0.25) is 0 Å². The van der Waals surface area contributed by atoms with Gasteiger partial charge in [0.15, 0.2) is 0 Å². The van der Waals surface area contributed by atoms with Gasteiger partial charge in [-0.15, -0.1) is 0 Å². The SMILES string of the molecule is COc1ccc(C(=O)N/C(=C\c2ccco2)C(=O)NCCCN2c3ccccc3CC2C)cc1. The lowest BCUT2D eigenvalue weighted by molar-refractivity contribution is -0.117. The van der Waals surface area contributed by atoms with Crippen molar-refractivity contribution in [2.24, 2.45) is 0 Å². The summed E-state index contributed by atoms with van der Waals surface area (Å²) in [4.78, 5) is 28.0. The van der Waals surface area contributed by atoms with Gasteiger partial charge in [-0.1, -0.05) is 18.2 Å². The fourth-order valence-corrected chi connectivity index (χ4v) is 4.13. The van der Waals surface area contributed by atoms with Gasteiger partial charge < -0.3 is 24.7 Å². The molecule has 0 spiro atoms. The molecule has 2 N–H and O–H groups in total. The van der Waals surface area contributed by atoms with Crippen molar-refractivity contribution in [3.05, 3.63) is 89.5 Å². The lowest BCUT2D eigenvalue weighted by atomic mass is 10.1. The number of carbonyl (C=O) groups excluding carboxylic acids is 2. The third kappa shape index (κ3) is 5.49. The molecule has 0 radical (unpaired) electrons. The molecule has 2 heterocycles. The van der Waals surface area contributed by atoms with Crippen molar-refractivity contribution in [3.63, 3.8) is 0 Å². The van der Waals surface area contributed by atoms with E-state index in [1.54, 1.807) is 43.5 Å². The van der Waals surface area contributed by atoms with Crippen LogP contribution in [0.3, 0.4) is 0 Å². The Bertz CT molecular complexity index is 1150. The maximum Gasteiger partial charge on any atom is 0.267 e. The first kappa shape index (κ1) is 23.2. The first-order valence-electron chi connectivity index (χ1n) is 11.4. The van der Waals surface area contributed by atoms with Crippen LogP contribution in [-0.4, -0.2) is 38.1 Å². The Kier molecular flexibility index (Phi) is 7.32. The second kappa shape index (κ2) is 10.7. The van der Waals surface area contributed by atoms with E-state index in [0.717, 1.165) is 19.4 Å². The molecule has 0 saturated carbocycles. The summed E-state index contributed by atoms with van der Waals surface area (Å²) in [6, 6.07) is 19.0. The molecule has 0 bridgehead atoms. The van der Waals surface area contributed by atoms with E-state index >= 15 is 0 Å². The van der Waals surface area contributed by atoms with E-state index in [1.165, 1.54) is 23.6 Å². The summed E-state index contributed by atoms with van der Waals surface area (Å²) in [5.41, 5.74) is 3.17. The number of rotatable bonds is 9. The predicted molar refractivity (Wildman–Crippen MR) is 132 cm³/mol. The van der Waals surface area contributed by atoms with Gasteiger partial charge in [-0.2, -0.15) is 0 Å². The van der Waals surface area contributed by atoms with Gasteiger partial charge in [-0.3, -0.25) is 9.59 Å². The number of para-hydroxylation sites is 1. The summed E-state index contributed by atoms with van der Waals surface area (Å²) in [6.45, 7) is 3.55. The first-order valence-corrected chi connectivity index (χ1v) is 11.4. The number of methoxy groups -OCH3 is 1. The van der Waals surface area contributed by atoms with E-state index in [9.17, 15) is 9.59 Å². The smallest absolute Gasteiger partial charge is 0.267 e. The summed E-state index contributed by atoms with van der Waals surface area (Å²) in [6.07, 6.45) is 4.86. The van der Waals surface area contributed by atoms with Crippen LogP contribution in [0.1, 0.15) is 35.0 Å². The Balaban J connectivity index is 1.36. The minimum atomic E-state index is -0.391. The van der Waals surface area contributed by atoms with E-state index in [1.807, 2.05) is 0 Å². The zero-order valence-electron chi connectivity index (χ0n) is 19.4. The second-order valence-electron chi connectivity index (χ2n) is 8.24.